The highest BCUT2D eigenvalue weighted by molar-refractivity contribution is 5.89. The van der Waals surface area contributed by atoms with Crippen LogP contribution in [-0.4, -0.2) is 23.9 Å². The van der Waals surface area contributed by atoms with Crippen molar-refractivity contribution in [2.45, 2.75) is 38.8 Å². The van der Waals surface area contributed by atoms with E-state index in [1.54, 1.807) is 0 Å². The van der Waals surface area contributed by atoms with Crippen LogP contribution in [0.15, 0.2) is 24.3 Å². The van der Waals surface area contributed by atoms with Gasteiger partial charge in [-0.05, 0) is 38.0 Å². The van der Waals surface area contributed by atoms with Crippen molar-refractivity contribution in [1.82, 2.24) is 5.32 Å². The summed E-state index contributed by atoms with van der Waals surface area (Å²) >= 11 is 0. The van der Waals surface area contributed by atoms with Crippen LogP contribution in [0.25, 0.3) is 0 Å². The molecule has 0 radical (unpaired) electrons. The summed E-state index contributed by atoms with van der Waals surface area (Å²) in [6, 6.07) is 7.38. The molecule has 1 aliphatic rings. The molecule has 0 heterocycles. The van der Waals surface area contributed by atoms with E-state index in [1.807, 2.05) is 31.2 Å². The largest absolute Gasteiger partial charge is 0.374 e. The molecule has 1 unspecified atom stereocenters. The minimum Gasteiger partial charge on any atom is -0.374 e. The predicted molar refractivity (Wildman–Crippen MR) is 75.0 cm³/mol. The molecule has 1 fully saturated rings. The van der Waals surface area contributed by atoms with Crippen molar-refractivity contribution in [2.24, 2.45) is 0 Å². The molecule has 1 aliphatic carbocycles. The minimum absolute atomic E-state index is 0.00688. The molecule has 5 nitrogen and oxygen atoms in total. The first-order valence-corrected chi connectivity index (χ1v) is 6.49. The smallest absolute Gasteiger partial charge is 0.242 e. The fourth-order valence-electron chi connectivity index (χ4n) is 1.76. The van der Waals surface area contributed by atoms with E-state index in [4.69, 9.17) is 0 Å². The van der Waals surface area contributed by atoms with Crippen LogP contribution in [0.2, 0.25) is 0 Å². The average molecular weight is 261 g/mol. The van der Waals surface area contributed by atoms with Crippen molar-refractivity contribution in [3.8, 4) is 0 Å². The van der Waals surface area contributed by atoms with Crippen LogP contribution in [-0.2, 0) is 9.59 Å². The number of hydrogen-bond donors (Lipinski definition) is 3. The van der Waals surface area contributed by atoms with Gasteiger partial charge in [-0.15, -0.1) is 0 Å². The topological polar surface area (TPSA) is 70.2 Å². The summed E-state index contributed by atoms with van der Waals surface area (Å²) in [7, 11) is 0. The van der Waals surface area contributed by atoms with Crippen LogP contribution in [0.3, 0.4) is 0 Å². The molecule has 1 aromatic carbocycles. The zero-order valence-corrected chi connectivity index (χ0v) is 11.2. The molecule has 1 atom stereocenters. The summed E-state index contributed by atoms with van der Waals surface area (Å²) in [6.07, 6.45) is 2.16. The molecule has 1 aromatic rings. The minimum atomic E-state index is -0.298. The lowest BCUT2D eigenvalue weighted by Crippen LogP contribution is -2.38. The quantitative estimate of drug-likeness (QED) is 0.756. The van der Waals surface area contributed by atoms with Gasteiger partial charge in [0, 0.05) is 24.3 Å². The third kappa shape index (κ3) is 4.28. The Hall–Kier alpha value is -2.04. The van der Waals surface area contributed by atoms with Crippen molar-refractivity contribution < 1.29 is 9.59 Å². The van der Waals surface area contributed by atoms with Gasteiger partial charge in [0.25, 0.3) is 0 Å². The predicted octanol–water partition coefficient (Wildman–Crippen LogP) is 1.72. The molecule has 19 heavy (non-hydrogen) atoms. The summed E-state index contributed by atoms with van der Waals surface area (Å²) < 4.78 is 0. The lowest BCUT2D eigenvalue weighted by atomic mass is 10.2. The maximum absolute atomic E-state index is 11.8. The molecular formula is C14H19N3O2. The molecule has 5 heteroatoms. The van der Waals surface area contributed by atoms with Crippen molar-refractivity contribution in [2.75, 3.05) is 10.6 Å². The highest BCUT2D eigenvalue weighted by Gasteiger charge is 2.25. The Labute approximate surface area is 112 Å². The van der Waals surface area contributed by atoms with Crippen LogP contribution in [0.5, 0.6) is 0 Å². The van der Waals surface area contributed by atoms with E-state index in [9.17, 15) is 9.59 Å². The first kappa shape index (κ1) is 13.4. The molecule has 0 spiro atoms. The first-order valence-electron chi connectivity index (χ1n) is 6.49. The number of hydrogen-bond acceptors (Lipinski definition) is 3. The fraction of sp³-hybridized carbons (Fsp3) is 0.429. The zero-order valence-electron chi connectivity index (χ0n) is 11.2. The third-order valence-electron chi connectivity index (χ3n) is 2.88. The number of carbonyl (C=O) groups is 2. The number of benzene rings is 1. The van der Waals surface area contributed by atoms with Gasteiger partial charge in [-0.1, -0.05) is 6.07 Å². The van der Waals surface area contributed by atoms with Gasteiger partial charge < -0.3 is 16.0 Å². The summed E-state index contributed by atoms with van der Waals surface area (Å²) in [6.45, 7) is 3.29. The normalized spacial score (nSPS) is 15.5. The Bertz CT molecular complexity index is 483. The van der Waals surface area contributed by atoms with Gasteiger partial charge in [0.15, 0.2) is 0 Å². The van der Waals surface area contributed by atoms with Crippen molar-refractivity contribution in [1.29, 1.82) is 0 Å². The van der Waals surface area contributed by atoms with Gasteiger partial charge in [0.2, 0.25) is 11.8 Å². The maximum atomic E-state index is 11.8. The molecule has 3 N–H and O–H groups in total. The first-order chi connectivity index (χ1) is 9.04. The van der Waals surface area contributed by atoms with E-state index >= 15 is 0 Å². The molecule has 102 valence electrons. The second kappa shape index (κ2) is 5.73. The van der Waals surface area contributed by atoms with Crippen molar-refractivity contribution in [3.63, 3.8) is 0 Å². The second-order valence-electron chi connectivity index (χ2n) is 4.91. The van der Waals surface area contributed by atoms with Crippen LogP contribution in [0.1, 0.15) is 26.7 Å². The molecule has 2 amide bonds. The van der Waals surface area contributed by atoms with Gasteiger partial charge in [0.1, 0.15) is 6.04 Å². The van der Waals surface area contributed by atoms with E-state index in [2.05, 4.69) is 16.0 Å². The van der Waals surface area contributed by atoms with Crippen molar-refractivity contribution in [3.05, 3.63) is 24.3 Å². The Morgan fingerprint density at radius 2 is 1.95 bits per heavy atom. The summed E-state index contributed by atoms with van der Waals surface area (Å²) in [5, 5.41) is 8.78. The lowest BCUT2D eigenvalue weighted by molar-refractivity contribution is -0.121. The van der Waals surface area contributed by atoms with Crippen LogP contribution in [0, 0.1) is 0 Å². The molecule has 1 saturated carbocycles. The molecule has 0 saturated heterocycles. The van der Waals surface area contributed by atoms with E-state index in [-0.39, 0.29) is 17.9 Å². The molecule has 2 rings (SSSR count). The molecule has 0 bridgehead atoms. The Morgan fingerprint density at radius 1 is 1.26 bits per heavy atom. The van der Waals surface area contributed by atoms with Crippen LogP contribution in [0.4, 0.5) is 11.4 Å². The maximum Gasteiger partial charge on any atom is 0.242 e. The summed E-state index contributed by atoms with van der Waals surface area (Å²) in [5.41, 5.74) is 1.52. The van der Waals surface area contributed by atoms with Gasteiger partial charge in [-0.25, -0.2) is 0 Å². The number of nitrogens with one attached hydrogen (secondary N) is 3. The molecular weight excluding hydrogens is 242 g/mol. The molecule has 0 aromatic heterocycles. The highest BCUT2D eigenvalue weighted by atomic mass is 16.2. The standard InChI is InChI=1S/C14H19N3O2/c1-9(14(19)17-11-6-7-11)15-12-4-3-5-13(8-12)16-10(2)18/h3-5,8-9,11,15H,6-7H2,1-2H3,(H,16,18)(H,17,19). The van der Waals surface area contributed by atoms with E-state index in [0.717, 1.165) is 18.5 Å². The van der Waals surface area contributed by atoms with Gasteiger partial charge in [-0.2, -0.15) is 0 Å². The monoisotopic (exact) mass is 261 g/mol. The van der Waals surface area contributed by atoms with Crippen LogP contribution < -0.4 is 16.0 Å². The third-order valence-corrected chi connectivity index (χ3v) is 2.88. The number of anilines is 2. The number of carbonyl (C=O) groups excluding carboxylic acids is 2. The second-order valence-corrected chi connectivity index (χ2v) is 4.91. The number of amides is 2. The van der Waals surface area contributed by atoms with Gasteiger partial charge >= 0.3 is 0 Å². The lowest BCUT2D eigenvalue weighted by Gasteiger charge is -2.15. The van der Waals surface area contributed by atoms with E-state index in [0.29, 0.717) is 11.7 Å². The summed E-state index contributed by atoms with van der Waals surface area (Å²) in [5.74, 6) is -0.107. The SMILES string of the molecule is CC(=O)Nc1cccc(NC(C)C(=O)NC2CC2)c1. The Balaban J connectivity index is 1.93. The fourth-order valence-corrected chi connectivity index (χ4v) is 1.76. The molecule has 0 aliphatic heterocycles. The Kier molecular flexibility index (Phi) is 4.04. The van der Waals surface area contributed by atoms with Crippen LogP contribution >= 0.6 is 0 Å². The summed E-state index contributed by atoms with van der Waals surface area (Å²) in [4.78, 5) is 22.8. The van der Waals surface area contributed by atoms with Gasteiger partial charge in [0.05, 0.1) is 0 Å². The van der Waals surface area contributed by atoms with E-state index < -0.39 is 0 Å². The zero-order chi connectivity index (χ0) is 13.8. The number of rotatable bonds is 5. The Morgan fingerprint density at radius 3 is 2.58 bits per heavy atom. The highest BCUT2D eigenvalue weighted by Crippen LogP contribution is 2.19. The van der Waals surface area contributed by atoms with Crippen molar-refractivity contribution >= 4 is 23.2 Å². The average Bonchev–Trinajstić information content (AvgIpc) is 3.12. The van der Waals surface area contributed by atoms with Gasteiger partial charge in [-0.3, -0.25) is 9.59 Å². The van der Waals surface area contributed by atoms with E-state index in [1.165, 1.54) is 6.92 Å².